The minimum Gasteiger partial charge on any atom is -0.298 e. The lowest BCUT2D eigenvalue weighted by molar-refractivity contribution is 0.112. The first-order valence-corrected chi connectivity index (χ1v) is 4.32. The van der Waals surface area contributed by atoms with Crippen LogP contribution >= 0.6 is 11.6 Å². The van der Waals surface area contributed by atoms with Crippen LogP contribution in [0.5, 0.6) is 0 Å². The maximum Gasteiger partial charge on any atom is 0.151 e. The Hall–Kier alpha value is -1.34. The summed E-state index contributed by atoms with van der Waals surface area (Å²) in [4.78, 5) is 10.6. The van der Waals surface area contributed by atoms with E-state index in [1.807, 2.05) is 24.3 Å². The Bertz CT molecular complexity index is 463. The van der Waals surface area contributed by atoms with Crippen LogP contribution in [0.15, 0.2) is 36.4 Å². The Kier molecular flexibility index (Phi) is 2.03. The summed E-state index contributed by atoms with van der Waals surface area (Å²) in [6.45, 7) is 0. The van der Waals surface area contributed by atoms with Crippen LogP contribution in [-0.4, -0.2) is 6.29 Å². The monoisotopic (exact) mass is 190 g/mol. The van der Waals surface area contributed by atoms with Gasteiger partial charge in [0, 0.05) is 5.56 Å². The van der Waals surface area contributed by atoms with E-state index in [2.05, 4.69) is 0 Å². The third-order valence-corrected chi connectivity index (χ3v) is 2.32. The Balaban J connectivity index is 2.81. The van der Waals surface area contributed by atoms with Gasteiger partial charge in [0.2, 0.25) is 0 Å². The highest BCUT2D eigenvalue weighted by Gasteiger charge is 2.00. The van der Waals surface area contributed by atoms with Gasteiger partial charge in [-0.25, -0.2) is 0 Å². The molecule has 0 radical (unpaired) electrons. The molecule has 2 heteroatoms. The average molecular weight is 191 g/mol. The zero-order valence-electron chi connectivity index (χ0n) is 6.83. The molecule has 64 valence electrons. The molecule has 0 saturated heterocycles. The van der Waals surface area contributed by atoms with Crippen molar-refractivity contribution in [2.45, 2.75) is 0 Å². The van der Waals surface area contributed by atoms with Crippen molar-refractivity contribution in [1.82, 2.24) is 0 Å². The molecule has 2 rings (SSSR count). The Morgan fingerprint density at radius 1 is 1.08 bits per heavy atom. The molecule has 0 N–H and O–H groups in total. The van der Waals surface area contributed by atoms with Gasteiger partial charge in [0.15, 0.2) is 6.29 Å². The molecule has 0 fully saturated rings. The number of carbonyl (C=O) groups excluding carboxylic acids is 1. The quantitative estimate of drug-likeness (QED) is 0.631. The van der Waals surface area contributed by atoms with Gasteiger partial charge in [-0.3, -0.25) is 4.79 Å². The van der Waals surface area contributed by atoms with E-state index in [9.17, 15) is 4.79 Å². The first-order valence-electron chi connectivity index (χ1n) is 3.95. The van der Waals surface area contributed by atoms with E-state index >= 15 is 0 Å². The van der Waals surface area contributed by atoms with Crippen LogP contribution in [0.2, 0.25) is 5.02 Å². The highest BCUT2D eigenvalue weighted by Crippen LogP contribution is 2.22. The van der Waals surface area contributed by atoms with Gasteiger partial charge >= 0.3 is 0 Å². The zero-order chi connectivity index (χ0) is 9.26. The summed E-state index contributed by atoms with van der Waals surface area (Å²) < 4.78 is 0. The highest BCUT2D eigenvalue weighted by molar-refractivity contribution is 6.33. The summed E-state index contributed by atoms with van der Waals surface area (Å²) in [5.74, 6) is 0. The van der Waals surface area contributed by atoms with Gasteiger partial charge in [-0.15, -0.1) is 0 Å². The molecule has 0 unspecified atom stereocenters. The van der Waals surface area contributed by atoms with E-state index in [4.69, 9.17) is 11.6 Å². The molecular formula is C11H7ClO. The lowest BCUT2D eigenvalue weighted by atomic mass is 10.1. The standard InChI is InChI=1S/C11H7ClO/c12-11-6-9-4-2-1-3-8(9)5-10(11)7-13/h1-7H. The van der Waals surface area contributed by atoms with E-state index in [0.717, 1.165) is 17.1 Å². The number of hydrogen-bond acceptors (Lipinski definition) is 1. The molecule has 13 heavy (non-hydrogen) atoms. The van der Waals surface area contributed by atoms with E-state index < -0.39 is 0 Å². The smallest absolute Gasteiger partial charge is 0.151 e. The molecule has 2 aromatic carbocycles. The third-order valence-electron chi connectivity index (χ3n) is 1.99. The van der Waals surface area contributed by atoms with Crippen molar-refractivity contribution in [3.63, 3.8) is 0 Å². The number of aldehydes is 1. The molecule has 0 amide bonds. The fourth-order valence-electron chi connectivity index (χ4n) is 1.32. The largest absolute Gasteiger partial charge is 0.298 e. The first kappa shape index (κ1) is 8.27. The second-order valence-corrected chi connectivity index (χ2v) is 3.25. The number of hydrogen-bond donors (Lipinski definition) is 0. The van der Waals surface area contributed by atoms with Gasteiger partial charge in [-0.1, -0.05) is 35.9 Å². The minimum atomic E-state index is 0.508. The number of halogens is 1. The van der Waals surface area contributed by atoms with Crippen molar-refractivity contribution >= 4 is 28.7 Å². The van der Waals surface area contributed by atoms with Crippen molar-refractivity contribution < 1.29 is 4.79 Å². The van der Waals surface area contributed by atoms with Crippen molar-refractivity contribution in [2.75, 3.05) is 0 Å². The lowest BCUT2D eigenvalue weighted by Gasteiger charge is -2.00. The summed E-state index contributed by atoms with van der Waals surface area (Å²) in [7, 11) is 0. The Labute approximate surface area is 80.9 Å². The van der Waals surface area contributed by atoms with Crippen LogP contribution in [0.25, 0.3) is 10.8 Å². The molecule has 0 aliphatic heterocycles. The van der Waals surface area contributed by atoms with Gasteiger partial charge in [0.25, 0.3) is 0 Å². The van der Waals surface area contributed by atoms with Crippen molar-refractivity contribution in [2.24, 2.45) is 0 Å². The number of fused-ring (bicyclic) bond motifs is 1. The lowest BCUT2D eigenvalue weighted by Crippen LogP contribution is -1.82. The third kappa shape index (κ3) is 1.43. The maximum absolute atomic E-state index is 10.6. The van der Waals surface area contributed by atoms with Gasteiger partial charge in [0.1, 0.15) is 0 Å². The predicted octanol–water partition coefficient (Wildman–Crippen LogP) is 3.31. The number of rotatable bonds is 1. The maximum atomic E-state index is 10.6. The summed E-state index contributed by atoms with van der Waals surface area (Å²) in [5.41, 5.74) is 0.542. The molecule has 0 aliphatic carbocycles. The van der Waals surface area contributed by atoms with Crippen molar-refractivity contribution in [3.05, 3.63) is 47.0 Å². The molecular weight excluding hydrogens is 184 g/mol. The van der Waals surface area contributed by atoms with Crippen LogP contribution in [0.4, 0.5) is 0 Å². The number of carbonyl (C=O) groups is 1. The van der Waals surface area contributed by atoms with Crippen molar-refractivity contribution in [3.8, 4) is 0 Å². The second-order valence-electron chi connectivity index (χ2n) is 2.84. The van der Waals surface area contributed by atoms with Crippen LogP contribution in [-0.2, 0) is 0 Å². The van der Waals surface area contributed by atoms with Crippen molar-refractivity contribution in [1.29, 1.82) is 0 Å². The fourth-order valence-corrected chi connectivity index (χ4v) is 1.54. The van der Waals surface area contributed by atoms with Crippen LogP contribution in [0, 0.1) is 0 Å². The molecule has 0 atom stereocenters. The highest BCUT2D eigenvalue weighted by atomic mass is 35.5. The molecule has 0 aliphatic rings. The van der Waals surface area contributed by atoms with Gasteiger partial charge in [-0.2, -0.15) is 0 Å². The molecule has 0 spiro atoms. The normalized spacial score (nSPS) is 10.2. The second kappa shape index (κ2) is 3.19. The van der Waals surface area contributed by atoms with Crippen LogP contribution in [0.1, 0.15) is 10.4 Å². The summed E-state index contributed by atoms with van der Waals surface area (Å²) >= 11 is 5.87. The molecule has 0 aromatic heterocycles. The molecule has 1 nitrogen and oxygen atoms in total. The average Bonchev–Trinajstić information content (AvgIpc) is 2.17. The first-order chi connectivity index (χ1) is 6.31. The number of benzene rings is 2. The topological polar surface area (TPSA) is 17.1 Å². The van der Waals surface area contributed by atoms with Crippen LogP contribution < -0.4 is 0 Å². The molecule has 2 aromatic rings. The summed E-state index contributed by atoms with van der Waals surface area (Å²) in [6, 6.07) is 11.4. The van der Waals surface area contributed by atoms with Gasteiger partial charge in [0.05, 0.1) is 5.02 Å². The predicted molar refractivity (Wildman–Crippen MR) is 54.3 cm³/mol. The van der Waals surface area contributed by atoms with Gasteiger partial charge in [-0.05, 0) is 22.9 Å². The SMILES string of the molecule is O=Cc1cc2ccccc2cc1Cl. The van der Waals surface area contributed by atoms with Crippen LogP contribution in [0.3, 0.4) is 0 Å². The zero-order valence-corrected chi connectivity index (χ0v) is 7.58. The van der Waals surface area contributed by atoms with E-state index in [-0.39, 0.29) is 0 Å². The summed E-state index contributed by atoms with van der Waals surface area (Å²) in [5, 5.41) is 2.60. The molecule has 0 bridgehead atoms. The Morgan fingerprint density at radius 3 is 2.31 bits per heavy atom. The van der Waals surface area contributed by atoms with Gasteiger partial charge < -0.3 is 0 Å². The molecule has 0 saturated carbocycles. The fraction of sp³-hybridized carbons (Fsp3) is 0. The van der Waals surface area contributed by atoms with E-state index in [1.165, 1.54) is 0 Å². The van der Waals surface area contributed by atoms with E-state index in [0.29, 0.717) is 10.6 Å². The minimum absolute atomic E-state index is 0.508. The summed E-state index contributed by atoms with van der Waals surface area (Å²) in [6.07, 6.45) is 0.773. The molecule has 0 heterocycles. The van der Waals surface area contributed by atoms with E-state index in [1.54, 1.807) is 12.1 Å². The Morgan fingerprint density at radius 2 is 1.69 bits per heavy atom.